The zero-order valence-corrected chi connectivity index (χ0v) is 12.4. The Labute approximate surface area is 122 Å². The minimum absolute atomic E-state index is 0.0235. The molecule has 106 valence electrons. The average Bonchev–Trinajstić information content (AvgIpc) is 2.96. The molecule has 1 amide bonds. The quantitative estimate of drug-likeness (QED) is 0.852. The molecule has 6 heteroatoms. The second-order valence-corrected chi connectivity index (χ2v) is 5.57. The van der Waals surface area contributed by atoms with Crippen molar-refractivity contribution in [1.29, 1.82) is 0 Å². The van der Waals surface area contributed by atoms with Crippen molar-refractivity contribution in [3.63, 3.8) is 0 Å². The molecule has 0 aliphatic heterocycles. The van der Waals surface area contributed by atoms with Gasteiger partial charge in [-0.25, -0.2) is 4.98 Å². The Morgan fingerprint density at radius 2 is 2.15 bits per heavy atom. The van der Waals surface area contributed by atoms with Gasteiger partial charge in [-0.05, 0) is 13.2 Å². The predicted molar refractivity (Wildman–Crippen MR) is 81.5 cm³/mol. The summed E-state index contributed by atoms with van der Waals surface area (Å²) in [6, 6.07) is 9.80. The molecule has 0 saturated heterocycles. The first-order chi connectivity index (χ1) is 9.70. The second kappa shape index (κ2) is 7.09. The summed E-state index contributed by atoms with van der Waals surface area (Å²) in [6.45, 7) is 2.45. The minimum atomic E-state index is -0.0235. The Hall–Kier alpha value is -1.82. The van der Waals surface area contributed by atoms with Crippen LogP contribution in [0.1, 0.15) is 12.7 Å². The van der Waals surface area contributed by atoms with Gasteiger partial charge in [0, 0.05) is 18.5 Å². The van der Waals surface area contributed by atoms with Crippen molar-refractivity contribution >= 4 is 17.7 Å². The topological polar surface area (TPSA) is 70.7 Å². The van der Waals surface area contributed by atoms with E-state index in [9.17, 15) is 4.79 Å². The number of hydrogen-bond donors (Lipinski definition) is 2. The highest BCUT2D eigenvalue weighted by Gasteiger charge is 2.10. The molecule has 2 N–H and O–H groups in total. The van der Waals surface area contributed by atoms with Crippen LogP contribution in [-0.4, -0.2) is 39.1 Å². The molecule has 0 bridgehead atoms. The lowest BCUT2D eigenvalue weighted by Crippen LogP contribution is -2.32. The standard InChI is InChI=1S/C14H18N4OS/c1-10(20-2)14(19)15-9-8-12-16-13(18-17-12)11-6-4-3-5-7-11/h3-7,10H,8-9H2,1-2H3,(H,15,19)(H,16,17,18)/t10-/m1/s1. The highest BCUT2D eigenvalue weighted by Crippen LogP contribution is 2.13. The third kappa shape index (κ3) is 3.84. The van der Waals surface area contributed by atoms with Gasteiger partial charge in [-0.15, -0.1) is 0 Å². The van der Waals surface area contributed by atoms with Gasteiger partial charge in [-0.3, -0.25) is 9.89 Å². The molecule has 5 nitrogen and oxygen atoms in total. The molecular formula is C14H18N4OS. The van der Waals surface area contributed by atoms with Crippen LogP contribution in [0.4, 0.5) is 0 Å². The molecule has 20 heavy (non-hydrogen) atoms. The summed E-state index contributed by atoms with van der Waals surface area (Å²) in [5.41, 5.74) is 0.982. The molecule has 2 aromatic rings. The van der Waals surface area contributed by atoms with Crippen LogP contribution in [0.3, 0.4) is 0 Å². The van der Waals surface area contributed by atoms with E-state index in [4.69, 9.17) is 0 Å². The molecule has 2 rings (SSSR count). The first kappa shape index (κ1) is 14.6. The molecule has 0 aliphatic rings. The third-order valence-electron chi connectivity index (χ3n) is 2.95. The number of thioether (sulfide) groups is 1. The summed E-state index contributed by atoms with van der Waals surface area (Å²) < 4.78 is 0. The molecule has 0 unspecified atom stereocenters. The van der Waals surface area contributed by atoms with Crippen molar-refractivity contribution in [2.24, 2.45) is 0 Å². The predicted octanol–water partition coefficient (Wildman–Crippen LogP) is 1.88. The van der Waals surface area contributed by atoms with Gasteiger partial charge in [0.2, 0.25) is 5.91 Å². The zero-order chi connectivity index (χ0) is 14.4. The van der Waals surface area contributed by atoms with Crippen LogP contribution in [0, 0.1) is 0 Å². The summed E-state index contributed by atoms with van der Waals surface area (Å²) in [5, 5.41) is 9.95. The van der Waals surface area contributed by atoms with E-state index in [1.165, 1.54) is 11.8 Å². The Kier molecular flexibility index (Phi) is 5.17. The van der Waals surface area contributed by atoms with Crippen LogP contribution >= 0.6 is 11.8 Å². The minimum Gasteiger partial charge on any atom is -0.355 e. The van der Waals surface area contributed by atoms with E-state index in [2.05, 4.69) is 20.5 Å². The SMILES string of the molecule is CS[C@H](C)C(=O)NCCc1nc(-c2ccccc2)n[nH]1. The monoisotopic (exact) mass is 290 g/mol. The van der Waals surface area contributed by atoms with Gasteiger partial charge < -0.3 is 5.32 Å². The van der Waals surface area contributed by atoms with Crippen LogP contribution in [-0.2, 0) is 11.2 Å². The molecule has 0 spiro atoms. The van der Waals surface area contributed by atoms with Crippen LogP contribution in [0.5, 0.6) is 0 Å². The first-order valence-electron chi connectivity index (χ1n) is 6.48. The maximum Gasteiger partial charge on any atom is 0.232 e. The lowest BCUT2D eigenvalue weighted by atomic mass is 10.2. The highest BCUT2D eigenvalue weighted by atomic mass is 32.2. The number of nitrogens with zero attached hydrogens (tertiary/aromatic N) is 2. The fourth-order valence-corrected chi connectivity index (χ4v) is 1.98. The largest absolute Gasteiger partial charge is 0.355 e. The zero-order valence-electron chi connectivity index (χ0n) is 11.6. The number of aromatic amines is 1. The lowest BCUT2D eigenvalue weighted by Gasteiger charge is -2.08. The van der Waals surface area contributed by atoms with Crippen molar-refractivity contribution < 1.29 is 4.79 Å². The van der Waals surface area contributed by atoms with Crippen molar-refractivity contribution in [2.45, 2.75) is 18.6 Å². The summed E-state index contributed by atoms with van der Waals surface area (Å²) in [4.78, 5) is 16.0. The van der Waals surface area contributed by atoms with E-state index in [1.807, 2.05) is 43.5 Å². The fraction of sp³-hybridized carbons (Fsp3) is 0.357. The first-order valence-corrected chi connectivity index (χ1v) is 7.76. The van der Waals surface area contributed by atoms with Crippen molar-refractivity contribution in [3.05, 3.63) is 36.2 Å². The van der Waals surface area contributed by atoms with Gasteiger partial charge in [0.1, 0.15) is 5.82 Å². The van der Waals surface area contributed by atoms with E-state index in [-0.39, 0.29) is 11.2 Å². The van der Waals surface area contributed by atoms with Crippen LogP contribution < -0.4 is 5.32 Å². The molecule has 0 aliphatic carbocycles. The Morgan fingerprint density at radius 1 is 1.40 bits per heavy atom. The van der Waals surface area contributed by atoms with Gasteiger partial charge in [-0.1, -0.05) is 30.3 Å². The number of carbonyl (C=O) groups excluding carboxylic acids is 1. The van der Waals surface area contributed by atoms with Gasteiger partial charge in [0.15, 0.2) is 5.82 Å². The van der Waals surface area contributed by atoms with Crippen molar-refractivity contribution in [1.82, 2.24) is 20.5 Å². The molecule has 0 radical (unpaired) electrons. The maximum atomic E-state index is 11.6. The molecule has 1 aromatic carbocycles. The van der Waals surface area contributed by atoms with E-state index in [0.29, 0.717) is 18.8 Å². The van der Waals surface area contributed by atoms with Crippen LogP contribution in [0.2, 0.25) is 0 Å². The number of H-pyrrole nitrogens is 1. The molecule has 0 fully saturated rings. The summed E-state index contributed by atoms with van der Waals surface area (Å²) in [6.07, 6.45) is 2.57. The number of benzene rings is 1. The highest BCUT2D eigenvalue weighted by molar-refractivity contribution is 7.99. The molecular weight excluding hydrogens is 272 g/mol. The molecule has 1 aromatic heterocycles. The lowest BCUT2D eigenvalue weighted by molar-refractivity contribution is -0.120. The van der Waals surface area contributed by atoms with Crippen LogP contribution in [0.25, 0.3) is 11.4 Å². The Morgan fingerprint density at radius 3 is 2.85 bits per heavy atom. The van der Waals surface area contributed by atoms with E-state index in [1.54, 1.807) is 0 Å². The molecule has 1 heterocycles. The number of aromatic nitrogens is 3. The third-order valence-corrected chi connectivity index (χ3v) is 3.87. The Bertz CT molecular complexity index is 555. The number of amides is 1. The van der Waals surface area contributed by atoms with E-state index >= 15 is 0 Å². The van der Waals surface area contributed by atoms with E-state index < -0.39 is 0 Å². The van der Waals surface area contributed by atoms with Gasteiger partial charge in [0.05, 0.1) is 5.25 Å². The number of nitrogens with one attached hydrogen (secondary N) is 2. The average molecular weight is 290 g/mol. The van der Waals surface area contributed by atoms with Gasteiger partial charge >= 0.3 is 0 Å². The summed E-state index contributed by atoms with van der Waals surface area (Å²) in [7, 11) is 0. The van der Waals surface area contributed by atoms with E-state index in [0.717, 1.165) is 11.4 Å². The number of rotatable bonds is 6. The second-order valence-electron chi connectivity index (χ2n) is 4.39. The number of hydrogen-bond acceptors (Lipinski definition) is 4. The fourth-order valence-electron chi connectivity index (χ4n) is 1.68. The normalized spacial score (nSPS) is 12.1. The van der Waals surface area contributed by atoms with Gasteiger partial charge in [0.25, 0.3) is 0 Å². The van der Waals surface area contributed by atoms with Crippen molar-refractivity contribution in [3.8, 4) is 11.4 Å². The number of carbonyl (C=O) groups is 1. The molecule has 0 saturated carbocycles. The van der Waals surface area contributed by atoms with Crippen LogP contribution in [0.15, 0.2) is 30.3 Å². The van der Waals surface area contributed by atoms with Gasteiger partial charge in [-0.2, -0.15) is 16.9 Å². The smallest absolute Gasteiger partial charge is 0.232 e. The van der Waals surface area contributed by atoms with Crippen molar-refractivity contribution in [2.75, 3.05) is 12.8 Å². The summed E-state index contributed by atoms with van der Waals surface area (Å²) in [5.74, 6) is 1.52. The Balaban J connectivity index is 1.86. The summed E-state index contributed by atoms with van der Waals surface area (Å²) >= 11 is 1.53. The molecule has 1 atom stereocenters. The maximum absolute atomic E-state index is 11.6.